The molecule has 1 aliphatic rings. The predicted octanol–water partition coefficient (Wildman–Crippen LogP) is 1.36. The Labute approximate surface area is 104 Å². The number of hydrogen-bond acceptors (Lipinski definition) is 4. The van der Waals surface area contributed by atoms with Crippen molar-refractivity contribution in [3.8, 4) is 0 Å². The van der Waals surface area contributed by atoms with E-state index in [9.17, 15) is 9.59 Å². The summed E-state index contributed by atoms with van der Waals surface area (Å²) in [6.45, 7) is 1.67. The third-order valence-corrected chi connectivity index (χ3v) is 3.35. The number of carbonyl (C=O) groups excluding carboxylic acids is 1. The molecule has 0 aromatic carbocycles. The van der Waals surface area contributed by atoms with E-state index in [1.807, 2.05) is 0 Å². The molecule has 1 amide bonds. The van der Waals surface area contributed by atoms with Crippen LogP contribution in [0.15, 0.2) is 10.8 Å². The maximum atomic E-state index is 11.9. The quantitative estimate of drug-likeness (QED) is 0.847. The molecule has 2 unspecified atom stereocenters. The number of hydrogen-bond donors (Lipinski definition) is 2. The van der Waals surface area contributed by atoms with Gasteiger partial charge in [0.25, 0.3) is 5.91 Å². The number of oxazole rings is 1. The van der Waals surface area contributed by atoms with Crippen molar-refractivity contribution in [1.82, 2.24) is 10.3 Å². The van der Waals surface area contributed by atoms with Crippen molar-refractivity contribution < 1.29 is 19.1 Å². The van der Waals surface area contributed by atoms with Crippen molar-refractivity contribution in [2.75, 3.05) is 0 Å². The maximum absolute atomic E-state index is 11.9. The number of carbonyl (C=O) groups is 2. The summed E-state index contributed by atoms with van der Waals surface area (Å²) < 4.78 is 4.99. The Kier molecular flexibility index (Phi) is 3.64. The summed E-state index contributed by atoms with van der Waals surface area (Å²) in [7, 11) is 0. The Morgan fingerprint density at radius 1 is 1.44 bits per heavy atom. The van der Waals surface area contributed by atoms with Gasteiger partial charge < -0.3 is 14.8 Å². The fourth-order valence-corrected chi connectivity index (χ4v) is 2.35. The second kappa shape index (κ2) is 5.20. The third-order valence-electron chi connectivity index (χ3n) is 3.35. The fourth-order valence-electron chi connectivity index (χ4n) is 2.35. The van der Waals surface area contributed by atoms with Gasteiger partial charge in [-0.1, -0.05) is 12.8 Å². The molecule has 1 aromatic heterocycles. The number of carboxylic acid groups (broad SMARTS) is 1. The smallest absolute Gasteiger partial charge is 0.308 e. The summed E-state index contributed by atoms with van der Waals surface area (Å²) in [5, 5.41) is 11.9. The van der Waals surface area contributed by atoms with Gasteiger partial charge in [-0.2, -0.15) is 0 Å². The topological polar surface area (TPSA) is 92.4 Å². The van der Waals surface area contributed by atoms with Crippen molar-refractivity contribution in [1.29, 1.82) is 0 Å². The van der Waals surface area contributed by atoms with E-state index in [1.165, 1.54) is 6.39 Å². The summed E-state index contributed by atoms with van der Waals surface area (Å²) in [5.74, 6) is -1.59. The van der Waals surface area contributed by atoms with Crippen LogP contribution in [0.1, 0.15) is 41.9 Å². The van der Waals surface area contributed by atoms with Crippen LogP contribution in [-0.4, -0.2) is 28.0 Å². The van der Waals surface area contributed by atoms with Gasteiger partial charge in [0.1, 0.15) is 0 Å². The van der Waals surface area contributed by atoms with Crippen LogP contribution in [0.4, 0.5) is 0 Å². The molecule has 0 radical (unpaired) electrons. The molecule has 0 spiro atoms. The van der Waals surface area contributed by atoms with Crippen molar-refractivity contribution in [2.45, 2.75) is 38.6 Å². The summed E-state index contributed by atoms with van der Waals surface area (Å²) in [4.78, 5) is 26.9. The molecule has 2 N–H and O–H groups in total. The van der Waals surface area contributed by atoms with Gasteiger partial charge in [-0.05, 0) is 19.8 Å². The number of aryl methyl sites for hydroxylation is 1. The molecule has 1 aliphatic carbocycles. The highest BCUT2D eigenvalue weighted by Crippen LogP contribution is 2.25. The summed E-state index contributed by atoms with van der Waals surface area (Å²) in [6, 6.07) is -0.326. The predicted molar refractivity (Wildman–Crippen MR) is 62.1 cm³/mol. The van der Waals surface area contributed by atoms with E-state index in [2.05, 4.69) is 10.3 Å². The minimum atomic E-state index is -0.853. The lowest BCUT2D eigenvalue weighted by Crippen LogP contribution is -2.45. The van der Waals surface area contributed by atoms with Gasteiger partial charge in [0.15, 0.2) is 6.39 Å². The van der Waals surface area contributed by atoms with Crippen LogP contribution in [0.3, 0.4) is 0 Å². The molecule has 0 saturated heterocycles. The van der Waals surface area contributed by atoms with Crippen LogP contribution in [0.25, 0.3) is 0 Å². The van der Waals surface area contributed by atoms with Crippen molar-refractivity contribution in [2.24, 2.45) is 5.92 Å². The number of aromatic nitrogens is 1. The molecule has 1 fully saturated rings. The Morgan fingerprint density at radius 2 is 2.17 bits per heavy atom. The monoisotopic (exact) mass is 252 g/mol. The highest BCUT2D eigenvalue weighted by Gasteiger charge is 2.32. The molecule has 0 aliphatic heterocycles. The fraction of sp³-hybridized carbons (Fsp3) is 0.583. The molecule has 1 heterocycles. The first kappa shape index (κ1) is 12.6. The number of carboxylic acids is 1. The van der Waals surface area contributed by atoms with Gasteiger partial charge >= 0.3 is 5.97 Å². The van der Waals surface area contributed by atoms with E-state index >= 15 is 0 Å². The van der Waals surface area contributed by atoms with Crippen LogP contribution < -0.4 is 5.32 Å². The minimum absolute atomic E-state index is 0.157. The van der Waals surface area contributed by atoms with Crippen molar-refractivity contribution in [3.63, 3.8) is 0 Å². The first-order valence-electron chi connectivity index (χ1n) is 6.03. The average molecular weight is 252 g/mol. The lowest BCUT2D eigenvalue weighted by atomic mass is 9.84. The van der Waals surface area contributed by atoms with E-state index in [4.69, 9.17) is 9.52 Å². The Bertz CT molecular complexity index is 455. The Balaban J connectivity index is 2.05. The zero-order valence-corrected chi connectivity index (χ0v) is 10.2. The summed E-state index contributed by atoms with van der Waals surface area (Å²) in [6.07, 6.45) is 4.33. The van der Waals surface area contributed by atoms with Gasteiger partial charge in [0.05, 0.1) is 11.6 Å². The molecule has 1 aromatic rings. The van der Waals surface area contributed by atoms with E-state index in [0.29, 0.717) is 18.5 Å². The third kappa shape index (κ3) is 2.52. The van der Waals surface area contributed by atoms with Gasteiger partial charge in [0, 0.05) is 6.04 Å². The van der Waals surface area contributed by atoms with Crippen LogP contribution in [0, 0.1) is 12.8 Å². The molecule has 2 atom stereocenters. The summed E-state index contributed by atoms with van der Waals surface area (Å²) >= 11 is 0. The largest absolute Gasteiger partial charge is 0.481 e. The highest BCUT2D eigenvalue weighted by molar-refractivity contribution is 5.92. The number of aliphatic carboxylic acids is 1. The molecule has 2 rings (SSSR count). The first-order chi connectivity index (χ1) is 8.59. The number of nitrogens with one attached hydrogen (secondary N) is 1. The van der Waals surface area contributed by atoms with Gasteiger partial charge in [-0.3, -0.25) is 9.59 Å². The van der Waals surface area contributed by atoms with Crippen LogP contribution in [0.5, 0.6) is 0 Å². The second-order valence-corrected chi connectivity index (χ2v) is 4.58. The Morgan fingerprint density at radius 3 is 2.78 bits per heavy atom. The second-order valence-electron chi connectivity index (χ2n) is 4.58. The highest BCUT2D eigenvalue weighted by atomic mass is 16.4. The van der Waals surface area contributed by atoms with Crippen molar-refractivity contribution in [3.05, 3.63) is 17.8 Å². The zero-order chi connectivity index (χ0) is 13.1. The molecule has 18 heavy (non-hydrogen) atoms. The number of rotatable bonds is 3. The number of nitrogens with zero attached hydrogens (tertiary/aromatic N) is 1. The van der Waals surface area contributed by atoms with Gasteiger partial charge in [-0.15, -0.1) is 0 Å². The van der Waals surface area contributed by atoms with Crippen LogP contribution in [-0.2, 0) is 4.79 Å². The van der Waals surface area contributed by atoms with E-state index in [0.717, 1.165) is 12.8 Å². The lowest BCUT2D eigenvalue weighted by molar-refractivity contribution is -0.143. The summed E-state index contributed by atoms with van der Waals surface area (Å²) in [5.41, 5.74) is 0.509. The molecular weight excluding hydrogens is 236 g/mol. The lowest BCUT2D eigenvalue weighted by Gasteiger charge is -2.28. The minimum Gasteiger partial charge on any atom is -0.481 e. The molecule has 1 saturated carbocycles. The van der Waals surface area contributed by atoms with Crippen LogP contribution in [0.2, 0.25) is 0 Å². The maximum Gasteiger partial charge on any atom is 0.308 e. The normalized spacial score (nSPS) is 23.6. The SMILES string of the molecule is Cc1ncoc1C(=O)NC1CCCCC1C(=O)O. The molecule has 6 nitrogen and oxygen atoms in total. The van der Waals surface area contributed by atoms with Gasteiger partial charge in [-0.25, -0.2) is 4.98 Å². The number of amides is 1. The standard InChI is InChI=1S/C12H16N2O4/c1-7-10(18-6-13-7)11(15)14-9-5-3-2-4-8(9)12(16)17/h6,8-9H,2-5H2,1H3,(H,14,15)(H,16,17). The zero-order valence-electron chi connectivity index (χ0n) is 10.2. The first-order valence-corrected chi connectivity index (χ1v) is 6.03. The van der Waals surface area contributed by atoms with Crippen molar-refractivity contribution >= 4 is 11.9 Å². The van der Waals surface area contributed by atoms with E-state index in [-0.39, 0.29) is 17.7 Å². The molecule has 0 bridgehead atoms. The molecular formula is C12H16N2O4. The van der Waals surface area contributed by atoms with E-state index < -0.39 is 11.9 Å². The van der Waals surface area contributed by atoms with E-state index in [1.54, 1.807) is 6.92 Å². The molecule has 6 heteroatoms. The molecule has 98 valence electrons. The van der Waals surface area contributed by atoms with Crippen LogP contribution >= 0.6 is 0 Å². The Hall–Kier alpha value is -1.85. The average Bonchev–Trinajstić information content (AvgIpc) is 2.76. The van der Waals surface area contributed by atoms with Gasteiger partial charge in [0.2, 0.25) is 5.76 Å².